The van der Waals surface area contributed by atoms with E-state index in [1.165, 1.54) is 141 Å². The molecule has 1 heterocycles. The van der Waals surface area contributed by atoms with E-state index in [9.17, 15) is 9.59 Å². The number of amides is 1. The molecule has 254 valence electrons. The maximum atomic E-state index is 13.0. The van der Waals surface area contributed by atoms with Gasteiger partial charge in [-0.1, -0.05) is 141 Å². The predicted molar refractivity (Wildman–Crippen MR) is 192 cm³/mol. The third kappa shape index (κ3) is 21.9. The Morgan fingerprint density at radius 3 is 1.34 bits per heavy atom. The van der Waals surface area contributed by atoms with Crippen LogP contribution in [0, 0.1) is 0 Å². The second kappa shape index (κ2) is 30.0. The number of rotatable bonds is 31. The zero-order valence-corrected chi connectivity index (χ0v) is 29.7. The third-order valence-electron chi connectivity index (χ3n) is 9.14. The molecule has 0 aromatic rings. The first-order chi connectivity index (χ1) is 21.6. The van der Waals surface area contributed by atoms with E-state index in [2.05, 4.69) is 38.2 Å². The molecule has 0 saturated heterocycles. The highest BCUT2D eigenvalue weighted by Gasteiger charge is 2.38. The Labute approximate surface area is 274 Å². The molecule has 0 saturated carbocycles. The number of hydrogen-bond acceptors (Lipinski definition) is 2. The van der Waals surface area contributed by atoms with Crippen LogP contribution in [0.15, 0.2) is 24.3 Å². The molecule has 0 fully saturated rings. The van der Waals surface area contributed by atoms with Crippen LogP contribution in [0.2, 0.25) is 0 Å². The summed E-state index contributed by atoms with van der Waals surface area (Å²) in [6.07, 6.45) is 43.3. The van der Waals surface area contributed by atoms with Gasteiger partial charge in [0.25, 0.3) is 0 Å². The number of ketones is 1. The lowest BCUT2D eigenvalue weighted by molar-refractivity contribution is -0.485. The maximum absolute atomic E-state index is 13.0. The molecule has 0 spiro atoms. The summed E-state index contributed by atoms with van der Waals surface area (Å²) >= 11 is 0. The van der Waals surface area contributed by atoms with Gasteiger partial charge in [0.05, 0.1) is 7.05 Å². The molecule has 44 heavy (non-hydrogen) atoms. The van der Waals surface area contributed by atoms with Gasteiger partial charge in [0.2, 0.25) is 5.78 Å². The van der Waals surface area contributed by atoms with Gasteiger partial charge in [0.1, 0.15) is 13.1 Å². The normalized spacial score (nSPS) is 13.8. The summed E-state index contributed by atoms with van der Waals surface area (Å²) < 4.78 is 2.00. The van der Waals surface area contributed by atoms with Crippen molar-refractivity contribution in [3.05, 3.63) is 24.3 Å². The summed E-state index contributed by atoms with van der Waals surface area (Å²) in [6.45, 7) is 5.97. The molecule has 1 rings (SSSR count). The molecule has 0 aliphatic carbocycles. The Balaban J connectivity index is 2.05. The van der Waals surface area contributed by atoms with Crippen molar-refractivity contribution < 1.29 is 14.2 Å². The molecular formula is C40H73N2O2+. The van der Waals surface area contributed by atoms with Crippen LogP contribution >= 0.6 is 0 Å². The standard InChI is InChI=1S/C40H73N2O2/c1-4-6-8-10-12-14-16-18-20-22-24-26-28-30-32-34-38(43)40-41(3)36-37-42(40)39(44)35-33-31-29-27-25-23-21-19-17-15-13-11-9-7-5-2/h18-21H,4-17,22-37H2,1-3H3/q+1. The number of nitrogens with zero attached hydrogens (tertiary/aromatic N) is 2. The highest BCUT2D eigenvalue weighted by molar-refractivity contribution is 6.39. The largest absolute Gasteiger partial charge is 0.323 e. The average Bonchev–Trinajstić information content (AvgIpc) is 3.42. The van der Waals surface area contributed by atoms with E-state index in [-0.39, 0.29) is 11.7 Å². The van der Waals surface area contributed by atoms with Crippen molar-refractivity contribution in [3.63, 3.8) is 0 Å². The molecule has 0 aromatic carbocycles. The molecule has 1 amide bonds. The Kier molecular flexibility index (Phi) is 27.5. The molecule has 0 aromatic heterocycles. The van der Waals surface area contributed by atoms with Crippen LogP contribution in [0.4, 0.5) is 0 Å². The van der Waals surface area contributed by atoms with Crippen molar-refractivity contribution in [3.8, 4) is 0 Å². The van der Waals surface area contributed by atoms with Gasteiger partial charge in [-0.05, 0) is 64.2 Å². The van der Waals surface area contributed by atoms with Crippen molar-refractivity contribution in [2.24, 2.45) is 0 Å². The van der Waals surface area contributed by atoms with Crippen LogP contribution in [0.1, 0.15) is 194 Å². The molecule has 0 bridgehead atoms. The highest BCUT2D eigenvalue weighted by Crippen LogP contribution is 2.15. The van der Waals surface area contributed by atoms with E-state index >= 15 is 0 Å². The van der Waals surface area contributed by atoms with Gasteiger partial charge in [0, 0.05) is 12.8 Å². The summed E-state index contributed by atoms with van der Waals surface area (Å²) in [5.74, 6) is 0.943. The van der Waals surface area contributed by atoms with E-state index < -0.39 is 0 Å². The van der Waals surface area contributed by atoms with Crippen molar-refractivity contribution in [1.82, 2.24) is 4.90 Å². The average molecular weight is 614 g/mol. The Morgan fingerprint density at radius 2 is 0.909 bits per heavy atom. The van der Waals surface area contributed by atoms with Gasteiger partial charge < -0.3 is 0 Å². The van der Waals surface area contributed by atoms with Gasteiger partial charge in [0.15, 0.2) is 0 Å². The first-order valence-electron chi connectivity index (χ1n) is 19.3. The van der Waals surface area contributed by atoms with Crippen LogP contribution in [-0.4, -0.2) is 47.1 Å². The van der Waals surface area contributed by atoms with Gasteiger partial charge in [-0.3, -0.25) is 9.37 Å². The molecule has 0 atom stereocenters. The number of carbonyl (C=O) groups is 2. The molecule has 0 N–H and O–H groups in total. The second-order valence-corrected chi connectivity index (χ2v) is 13.4. The molecule has 1 aliphatic heterocycles. The topological polar surface area (TPSA) is 40.4 Å². The first kappa shape index (κ1) is 40.3. The number of carbonyl (C=O) groups excluding carboxylic acids is 2. The lowest BCUT2D eigenvalue weighted by Crippen LogP contribution is -2.40. The molecule has 0 unspecified atom stereocenters. The Bertz CT molecular complexity index is 797. The summed E-state index contributed by atoms with van der Waals surface area (Å²) in [7, 11) is 1.96. The van der Waals surface area contributed by atoms with Crippen LogP contribution in [0.3, 0.4) is 0 Å². The minimum Gasteiger partial charge on any atom is -0.286 e. The minimum absolute atomic E-state index is 0.139. The molecule has 1 aliphatic rings. The van der Waals surface area contributed by atoms with Crippen molar-refractivity contribution in [2.75, 3.05) is 20.1 Å². The van der Waals surface area contributed by atoms with Gasteiger partial charge >= 0.3 is 11.7 Å². The second-order valence-electron chi connectivity index (χ2n) is 13.4. The Hall–Kier alpha value is -1.71. The van der Waals surface area contributed by atoms with Crippen molar-refractivity contribution in [1.29, 1.82) is 0 Å². The first-order valence-corrected chi connectivity index (χ1v) is 19.3. The van der Waals surface area contributed by atoms with Crippen LogP contribution in [0.5, 0.6) is 0 Å². The van der Waals surface area contributed by atoms with Gasteiger partial charge in [-0.2, -0.15) is 4.90 Å². The lowest BCUT2D eigenvalue weighted by Gasteiger charge is -2.10. The summed E-state index contributed by atoms with van der Waals surface area (Å²) in [5.41, 5.74) is 0. The number of unbranched alkanes of at least 4 members (excludes halogenated alkanes) is 22. The van der Waals surface area contributed by atoms with Crippen molar-refractivity contribution >= 4 is 17.5 Å². The monoisotopic (exact) mass is 614 g/mol. The van der Waals surface area contributed by atoms with Crippen LogP contribution in [-0.2, 0) is 9.59 Å². The number of Topliss-reactive ketones (excluding diaryl/α,β-unsaturated/α-hetero) is 1. The number of amidine groups is 1. The predicted octanol–water partition coefficient (Wildman–Crippen LogP) is 11.5. The SMILES string of the molecule is CCCCCCCCC=CCCCCCCCC(=O)C1=[N+](C)CCN1C(=O)CCCCCCCC=CCCCCCCCC. The number of likely N-dealkylation sites (N-methyl/N-ethyl adjacent to an activating group) is 1. The summed E-state index contributed by atoms with van der Waals surface area (Å²) in [6, 6.07) is 0. The molecule has 4 heteroatoms. The highest BCUT2D eigenvalue weighted by atomic mass is 16.2. The maximum Gasteiger partial charge on any atom is 0.323 e. The van der Waals surface area contributed by atoms with E-state index in [0.717, 1.165) is 32.2 Å². The zero-order chi connectivity index (χ0) is 31.9. The van der Waals surface area contributed by atoms with E-state index in [1.54, 1.807) is 4.90 Å². The van der Waals surface area contributed by atoms with Crippen LogP contribution < -0.4 is 0 Å². The van der Waals surface area contributed by atoms with Gasteiger partial charge in [-0.15, -0.1) is 0 Å². The molecule has 4 nitrogen and oxygen atoms in total. The van der Waals surface area contributed by atoms with E-state index in [0.29, 0.717) is 25.2 Å². The fraction of sp³-hybridized carbons (Fsp3) is 0.825. The summed E-state index contributed by atoms with van der Waals surface area (Å²) in [5, 5.41) is 0. The van der Waals surface area contributed by atoms with Gasteiger partial charge in [-0.25, -0.2) is 4.79 Å². The minimum atomic E-state index is 0.139. The smallest absolute Gasteiger partial charge is 0.286 e. The number of allylic oxidation sites excluding steroid dienone is 4. The third-order valence-corrected chi connectivity index (χ3v) is 9.14. The molecular weight excluding hydrogens is 540 g/mol. The Morgan fingerprint density at radius 1 is 0.545 bits per heavy atom. The van der Waals surface area contributed by atoms with Crippen molar-refractivity contribution in [2.45, 2.75) is 194 Å². The fourth-order valence-corrected chi connectivity index (χ4v) is 6.22. The van der Waals surface area contributed by atoms with E-state index in [4.69, 9.17) is 0 Å². The zero-order valence-electron chi connectivity index (χ0n) is 29.7. The number of hydrogen-bond donors (Lipinski definition) is 0. The van der Waals surface area contributed by atoms with Crippen LogP contribution in [0.25, 0.3) is 0 Å². The fourth-order valence-electron chi connectivity index (χ4n) is 6.22. The molecule has 0 radical (unpaired) electrons. The lowest BCUT2D eigenvalue weighted by atomic mass is 10.1. The summed E-state index contributed by atoms with van der Waals surface area (Å²) in [4.78, 5) is 27.8. The quantitative estimate of drug-likeness (QED) is 0.0443. The van der Waals surface area contributed by atoms with E-state index in [1.807, 2.05) is 11.6 Å².